The largest absolute Gasteiger partial charge is 0.322 e. The highest BCUT2D eigenvalue weighted by Gasteiger charge is 2.31. The summed E-state index contributed by atoms with van der Waals surface area (Å²) in [6.07, 6.45) is 0. The van der Waals surface area contributed by atoms with Gasteiger partial charge in [-0.05, 0) is 41.0 Å². The number of rotatable bonds is 4. The van der Waals surface area contributed by atoms with Crippen molar-refractivity contribution in [2.24, 2.45) is 0 Å². The van der Waals surface area contributed by atoms with Gasteiger partial charge in [-0.15, -0.1) is 11.8 Å². The van der Waals surface area contributed by atoms with E-state index in [1.54, 1.807) is 23.9 Å². The summed E-state index contributed by atoms with van der Waals surface area (Å²) in [5.41, 5.74) is 3.79. The summed E-state index contributed by atoms with van der Waals surface area (Å²) in [6.45, 7) is 0.658. The van der Waals surface area contributed by atoms with E-state index in [0.29, 0.717) is 12.1 Å². The highest BCUT2D eigenvalue weighted by atomic mass is 32.2. The van der Waals surface area contributed by atoms with Crippen molar-refractivity contribution in [2.45, 2.75) is 5.37 Å². The fraction of sp³-hybridized carbons (Fsp3) is 0.136. The minimum absolute atomic E-state index is 0.0204. The zero-order valence-electron chi connectivity index (χ0n) is 15.0. The molecule has 0 aliphatic carbocycles. The molecule has 0 saturated carbocycles. The molecule has 3 aromatic rings. The van der Waals surface area contributed by atoms with Gasteiger partial charge in [0.2, 0.25) is 0 Å². The number of non-ortho nitro benzene ring substituents is 1. The minimum atomic E-state index is -0.414. The Balaban J connectivity index is 1.54. The highest BCUT2D eigenvalue weighted by Crippen LogP contribution is 2.39. The van der Waals surface area contributed by atoms with Crippen molar-refractivity contribution in [2.75, 3.05) is 12.3 Å². The number of nitro benzene ring substituents is 1. The van der Waals surface area contributed by atoms with Crippen LogP contribution >= 0.6 is 11.8 Å². The van der Waals surface area contributed by atoms with Crippen molar-refractivity contribution in [1.82, 2.24) is 4.90 Å². The monoisotopic (exact) mass is 390 g/mol. The van der Waals surface area contributed by atoms with Gasteiger partial charge < -0.3 is 4.90 Å². The van der Waals surface area contributed by atoms with Crippen molar-refractivity contribution in [3.8, 4) is 11.1 Å². The van der Waals surface area contributed by atoms with Gasteiger partial charge in [-0.1, -0.05) is 42.5 Å². The Morgan fingerprint density at radius 2 is 1.57 bits per heavy atom. The summed E-state index contributed by atoms with van der Waals surface area (Å²) in [7, 11) is 0. The Morgan fingerprint density at radius 3 is 2.21 bits per heavy atom. The third-order valence-corrected chi connectivity index (χ3v) is 6.04. The van der Waals surface area contributed by atoms with E-state index in [9.17, 15) is 14.9 Å². The summed E-state index contributed by atoms with van der Waals surface area (Å²) in [5.74, 6) is 0.822. The Hall–Kier alpha value is -3.12. The van der Waals surface area contributed by atoms with Crippen LogP contribution in [0.2, 0.25) is 0 Å². The quantitative estimate of drug-likeness (QED) is 0.456. The number of carbonyl (C=O) groups is 1. The van der Waals surface area contributed by atoms with Gasteiger partial charge in [0.05, 0.1) is 4.92 Å². The average Bonchev–Trinajstić information content (AvgIpc) is 3.24. The third-order valence-electron chi connectivity index (χ3n) is 4.78. The zero-order valence-corrected chi connectivity index (χ0v) is 15.8. The summed E-state index contributed by atoms with van der Waals surface area (Å²) in [6, 6.07) is 24.1. The number of benzene rings is 3. The number of hydrogen-bond donors (Lipinski definition) is 0. The molecule has 1 heterocycles. The minimum Gasteiger partial charge on any atom is -0.322 e. The molecule has 0 bridgehead atoms. The van der Waals surface area contributed by atoms with Crippen molar-refractivity contribution in [3.05, 3.63) is 100 Å². The molecule has 0 N–H and O–H groups in total. The molecule has 140 valence electrons. The van der Waals surface area contributed by atoms with Crippen LogP contribution < -0.4 is 0 Å². The van der Waals surface area contributed by atoms with Gasteiger partial charge in [-0.3, -0.25) is 14.9 Å². The number of hydrogen-bond acceptors (Lipinski definition) is 4. The van der Waals surface area contributed by atoms with E-state index in [-0.39, 0.29) is 17.0 Å². The molecule has 1 unspecified atom stereocenters. The molecule has 1 amide bonds. The normalized spacial score (nSPS) is 16.1. The second kappa shape index (κ2) is 7.86. The molecule has 28 heavy (non-hydrogen) atoms. The van der Waals surface area contributed by atoms with E-state index in [1.165, 1.54) is 12.1 Å². The topological polar surface area (TPSA) is 63.5 Å². The summed E-state index contributed by atoms with van der Waals surface area (Å²) in [5, 5.41) is 10.7. The molecule has 3 aromatic carbocycles. The molecule has 1 fully saturated rings. The number of carbonyl (C=O) groups excluding carboxylic acids is 1. The molecular weight excluding hydrogens is 372 g/mol. The van der Waals surface area contributed by atoms with E-state index in [1.807, 2.05) is 59.5 Å². The van der Waals surface area contributed by atoms with Crippen LogP contribution in [-0.4, -0.2) is 28.0 Å². The first-order valence-electron chi connectivity index (χ1n) is 8.96. The highest BCUT2D eigenvalue weighted by molar-refractivity contribution is 7.99. The van der Waals surface area contributed by atoms with Gasteiger partial charge in [-0.2, -0.15) is 0 Å². The second-order valence-electron chi connectivity index (χ2n) is 6.51. The number of amides is 1. The number of nitrogens with zero attached hydrogens (tertiary/aromatic N) is 2. The fourth-order valence-corrected chi connectivity index (χ4v) is 4.57. The maximum atomic E-state index is 13.1. The molecule has 1 aliphatic heterocycles. The summed E-state index contributed by atoms with van der Waals surface area (Å²) >= 11 is 1.68. The third kappa shape index (κ3) is 3.64. The van der Waals surface area contributed by atoms with Gasteiger partial charge in [0.25, 0.3) is 11.6 Å². The Kier molecular flexibility index (Phi) is 5.12. The van der Waals surface area contributed by atoms with Crippen molar-refractivity contribution in [1.29, 1.82) is 0 Å². The molecule has 1 saturated heterocycles. The predicted molar refractivity (Wildman–Crippen MR) is 111 cm³/mol. The van der Waals surface area contributed by atoms with Gasteiger partial charge in [0, 0.05) is 30.0 Å². The maximum Gasteiger partial charge on any atom is 0.269 e. The van der Waals surface area contributed by atoms with E-state index < -0.39 is 4.92 Å². The second-order valence-corrected chi connectivity index (χ2v) is 7.70. The molecule has 0 aromatic heterocycles. The molecule has 4 rings (SSSR count). The SMILES string of the molecule is O=C(c1ccc(-c2ccccc2)cc1)N1CCSC1c1ccc([N+](=O)[O-])cc1. The average molecular weight is 390 g/mol. The van der Waals surface area contributed by atoms with Crippen LogP contribution in [0.3, 0.4) is 0 Å². The molecular formula is C22H18N2O3S. The molecule has 1 aliphatic rings. The first-order valence-corrected chi connectivity index (χ1v) is 10.0. The van der Waals surface area contributed by atoms with Crippen molar-refractivity contribution in [3.63, 3.8) is 0 Å². The molecule has 0 radical (unpaired) electrons. The van der Waals surface area contributed by atoms with E-state index in [4.69, 9.17) is 0 Å². The fourth-order valence-electron chi connectivity index (χ4n) is 3.32. The first kappa shape index (κ1) is 18.3. The summed E-state index contributed by atoms with van der Waals surface area (Å²) in [4.78, 5) is 25.3. The smallest absolute Gasteiger partial charge is 0.269 e. The van der Waals surface area contributed by atoms with Crippen LogP contribution in [0.4, 0.5) is 5.69 Å². The lowest BCUT2D eigenvalue weighted by atomic mass is 10.0. The Labute approximate surface area is 167 Å². The van der Waals surface area contributed by atoms with E-state index in [0.717, 1.165) is 22.4 Å². The van der Waals surface area contributed by atoms with Crippen LogP contribution in [0.1, 0.15) is 21.3 Å². The van der Waals surface area contributed by atoms with E-state index in [2.05, 4.69) is 0 Å². The summed E-state index contributed by atoms with van der Waals surface area (Å²) < 4.78 is 0. The van der Waals surface area contributed by atoms with Crippen LogP contribution in [0.15, 0.2) is 78.9 Å². The van der Waals surface area contributed by atoms with Crippen LogP contribution in [0.25, 0.3) is 11.1 Å². The first-order chi connectivity index (χ1) is 13.6. The molecule has 0 spiro atoms. The van der Waals surface area contributed by atoms with Gasteiger partial charge in [0.1, 0.15) is 5.37 Å². The number of nitro groups is 1. The van der Waals surface area contributed by atoms with Crippen LogP contribution in [0, 0.1) is 10.1 Å². The van der Waals surface area contributed by atoms with Crippen LogP contribution in [-0.2, 0) is 0 Å². The Morgan fingerprint density at radius 1 is 0.929 bits per heavy atom. The standard InChI is InChI=1S/C22H18N2O3S/c25-21(18-8-6-17(7-9-18)16-4-2-1-3-5-16)23-14-15-28-22(23)19-10-12-20(13-11-19)24(26)27/h1-13,22H,14-15H2. The molecule has 5 nitrogen and oxygen atoms in total. The lowest BCUT2D eigenvalue weighted by Crippen LogP contribution is -2.30. The van der Waals surface area contributed by atoms with E-state index >= 15 is 0 Å². The lowest BCUT2D eigenvalue weighted by molar-refractivity contribution is -0.384. The van der Waals surface area contributed by atoms with Gasteiger partial charge >= 0.3 is 0 Å². The number of thioether (sulfide) groups is 1. The van der Waals surface area contributed by atoms with Gasteiger partial charge in [-0.25, -0.2) is 0 Å². The molecule has 1 atom stereocenters. The predicted octanol–water partition coefficient (Wildman–Crippen LogP) is 5.15. The van der Waals surface area contributed by atoms with Crippen molar-refractivity contribution >= 4 is 23.4 Å². The zero-order chi connectivity index (χ0) is 19.5. The Bertz CT molecular complexity index is 989. The lowest BCUT2D eigenvalue weighted by Gasteiger charge is -2.24. The van der Waals surface area contributed by atoms with Gasteiger partial charge in [0.15, 0.2) is 0 Å². The van der Waals surface area contributed by atoms with Crippen molar-refractivity contribution < 1.29 is 9.72 Å². The van der Waals surface area contributed by atoms with Crippen LogP contribution in [0.5, 0.6) is 0 Å². The maximum absolute atomic E-state index is 13.1. The molecule has 6 heteroatoms.